The molecular weight excluding hydrogens is 250 g/mol. The fraction of sp³-hybridized carbons (Fsp3) is 0.500. The highest BCUT2D eigenvalue weighted by Gasteiger charge is 2.35. The maximum absolute atomic E-state index is 12.2. The molecule has 2 fully saturated rings. The van der Waals surface area contributed by atoms with E-state index in [9.17, 15) is 4.79 Å². The quantitative estimate of drug-likeness (QED) is 0.840. The molecule has 0 spiro atoms. The van der Waals surface area contributed by atoms with Crippen molar-refractivity contribution in [1.29, 1.82) is 0 Å². The van der Waals surface area contributed by atoms with Crippen molar-refractivity contribution in [1.82, 2.24) is 14.5 Å². The summed E-state index contributed by atoms with van der Waals surface area (Å²) in [4.78, 5) is 18.8. The number of amides is 1. The standard InChI is InChI=1S/C16H19N3O/c20-16(12-7-8-12)18-9-3-4-13(10-18)19-11-17-14-5-1-2-6-15(14)19/h1-2,5-6,11-13H,3-4,7-10H2. The number of hydrogen-bond donors (Lipinski definition) is 0. The normalized spacial score (nSPS) is 23.2. The zero-order valence-corrected chi connectivity index (χ0v) is 11.5. The lowest BCUT2D eigenvalue weighted by atomic mass is 10.0. The number of aromatic nitrogens is 2. The van der Waals surface area contributed by atoms with Crippen LogP contribution in [0, 0.1) is 5.92 Å². The summed E-state index contributed by atoms with van der Waals surface area (Å²) in [5.74, 6) is 0.701. The predicted octanol–water partition coefficient (Wildman–Crippen LogP) is 2.61. The molecule has 2 aliphatic rings. The van der Waals surface area contributed by atoms with Crippen LogP contribution >= 0.6 is 0 Å². The van der Waals surface area contributed by atoms with Gasteiger partial charge in [-0.1, -0.05) is 12.1 Å². The number of rotatable bonds is 2. The molecule has 2 aromatic rings. The van der Waals surface area contributed by atoms with E-state index in [1.807, 2.05) is 18.5 Å². The molecule has 1 aliphatic carbocycles. The highest BCUT2D eigenvalue weighted by Crippen LogP contribution is 2.33. The zero-order valence-electron chi connectivity index (χ0n) is 11.5. The summed E-state index contributed by atoms with van der Waals surface area (Å²) in [6, 6.07) is 8.60. The number of carbonyl (C=O) groups excluding carboxylic acids is 1. The summed E-state index contributed by atoms with van der Waals surface area (Å²) in [6.07, 6.45) is 6.34. The van der Waals surface area contributed by atoms with Gasteiger partial charge < -0.3 is 9.47 Å². The number of fused-ring (bicyclic) bond motifs is 1. The van der Waals surface area contributed by atoms with Gasteiger partial charge in [0.25, 0.3) is 0 Å². The first kappa shape index (κ1) is 11.9. The van der Waals surface area contributed by atoms with Gasteiger partial charge >= 0.3 is 0 Å². The maximum atomic E-state index is 12.2. The second-order valence-corrected chi connectivity index (χ2v) is 6.00. The summed E-state index contributed by atoms with van der Waals surface area (Å²) >= 11 is 0. The van der Waals surface area contributed by atoms with Gasteiger partial charge in [0.05, 0.1) is 23.4 Å². The average Bonchev–Trinajstić information content (AvgIpc) is 3.26. The highest BCUT2D eigenvalue weighted by atomic mass is 16.2. The van der Waals surface area contributed by atoms with Gasteiger partial charge in [-0.3, -0.25) is 4.79 Å². The van der Waals surface area contributed by atoms with E-state index < -0.39 is 0 Å². The van der Waals surface area contributed by atoms with Crippen LogP contribution in [0.1, 0.15) is 31.7 Å². The van der Waals surface area contributed by atoms with Crippen LogP contribution in [0.3, 0.4) is 0 Å². The lowest BCUT2D eigenvalue weighted by Crippen LogP contribution is -2.41. The first-order valence-corrected chi connectivity index (χ1v) is 7.53. The van der Waals surface area contributed by atoms with E-state index in [1.165, 1.54) is 5.52 Å². The molecule has 1 saturated carbocycles. The van der Waals surface area contributed by atoms with Crippen LogP contribution in [0.4, 0.5) is 0 Å². The number of imidazole rings is 1. The number of likely N-dealkylation sites (tertiary alicyclic amines) is 1. The van der Waals surface area contributed by atoms with Gasteiger partial charge in [-0.25, -0.2) is 4.98 Å². The van der Waals surface area contributed by atoms with E-state index >= 15 is 0 Å². The lowest BCUT2D eigenvalue weighted by molar-refractivity contribution is -0.134. The minimum absolute atomic E-state index is 0.327. The molecule has 1 amide bonds. The van der Waals surface area contributed by atoms with Crippen LogP contribution < -0.4 is 0 Å². The predicted molar refractivity (Wildman–Crippen MR) is 77.3 cm³/mol. The van der Waals surface area contributed by atoms with Crippen molar-refractivity contribution in [2.24, 2.45) is 5.92 Å². The van der Waals surface area contributed by atoms with Crippen molar-refractivity contribution in [2.45, 2.75) is 31.7 Å². The largest absolute Gasteiger partial charge is 0.340 e. The van der Waals surface area contributed by atoms with Gasteiger partial charge in [-0.2, -0.15) is 0 Å². The minimum atomic E-state index is 0.327. The molecule has 1 unspecified atom stereocenters. The Hall–Kier alpha value is -1.84. The molecule has 1 aliphatic heterocycles. The molecule has 4 rings (SSSR count). The third-order valence-electron chi connectivity index (χ3n) is 4.51. The fourth-order valence-electron chi connectivity index (χ4n) is 3.24. The second-order valence-electron chi connectivity index (χ2n) is 6.00. The Bertz CT molecular complexity index is 644. The number of carbonyl (C=O) groups is 1. The SMILES string of the molecule is O=C(C1CC1)N1CCCC(n2cnc3ccccc32)C1. The molecular formula is C16H19N3O. The van der Waals surface area contributed by atoms with E-state index in [0.717, 1.165) is 44.3 Å². The Kier molecular flexibility index (Phi) is 2.76. The van der Waals surface area contributed by atoms with Gasteiger partial charge in [0.1, 0.15) is 0 Å². The van der Waals surface area contributed by atoms with E-state index in [1.54, 1.807) is 0 Å². The molecule has 4 nitrogen and oxygen atoms in total. The lowest BCUT2D eigenvalue weighted by Gasteiger charge is -2.33. The van der Waals surface area contributed by atoms with Crippen molar-refractivity contribution < 1.29 is 4.79 Å². The highest BCUT2D eigenvalue weighted by molar-refractivity contribution is 5.81. The smallest absolute Gasteiger partial charge is 0.225 e. The summed E-state index contributed by atoms with van der Waals surface area (Å²) in [6.45, 7) is 1.77. The van der Waals surface area contributed by atoms with Crippen molar-refractivity contribution in [3.8, 4) is 0 Å². The van der Waals surface area contributed by atoms with E-state index in [4.69, 9.17) is 0 Å². The van der Waals surface area contributed by atoms with Gasteiger partial charge in [-0.15, -0.1) is 0 Å². The summed E-state index contributed by atoms with van der Waals surface area (Å²) in [7, 11) is 0. The van der Waals surface area contributed by atoms with Crippen LogP contribution in [0.5, 0.6) is 0 Å². The van der Waals surface area contributed by atoms with E-state index in [2.05, 4.69) is 26.6 Å². The van der Waals surface area contributed by atoms with Gasteiger partial charge in [-0.05, 0) is 37.8 Å². The topological polar surface area (TPSA) is 38.1 Å². The molecule has 0 radical (unpaired) electrons. The third-order valence-corrected chi connectivity index (χ3v) is 4.51. The Morgan fingerprint density at radius 1 is 1.20 bits per heavy atom. The van der Waals surface area contributed by atoms with Crippen molar-refractivity contribution in [3.05, 3.63) is 30.6 Å². The van der Waals surface area contributed by atoms with Crippen LogP contribution in [-0.4, -0.2) is 33.4 Å². The number of nitrogens with zero attached hydrogens (tertiary/aromatic N) is 3. The number of piperidine rings is 1. The molecule has 20 heavy (non-hydrogen) atoms. The molecule has 0 bridgehead atoms. The van der Waals surface area contributed by atoms with Gasteiger partial charge in [0, 0.05) is 19.0 Å². The molecule has 1 saturated heterocycles. The van der Waals surface area contributed by atoms with Gasteiger partial charge in [0.15, 0.2) is 0 Å². The number of para-hydroxylation sites is 2. The fourth-order valence-corrected chi connectivity index (χ4v) is 3.24. The van der Waals surface area contributed by atoms with E-state index in [-0.39, 0.29) is 0 Å². The monoisotopic (exact) mass is 269 g/mol. The van der Waals surface area contributed by atoms with Crippen LogP contribution in [0.2, 0.25) is 0 Å². The zero-order chi connectivity index (χ0) is 13.5. The second kappa shape index (κ2) is 4.62. The molecule has 1 aromatic carbocycles. The molecule has 104 valence electrons. The Balaban J connectivity index is 1.59. The first-order chi connectivity index (χ1) is 9.83. The molecule has 4 heteroatoms. The number of benzene rings is 1. The van der Waals surface area contributed by atoms with Crippen molar-refractivity contribution in [3.63, 3.8) is 0 Å². The van der Waals surface area contributed by atoms with Crippen molar-refractivity contribution in [2.75, 3.05) is 13.1 Å². The number of hydrogen-bond acceptors (Lipinski definition) is 2. The molecule has 1 aromatic heterocycles. The Morgan fingerprint density at radius 2 is 2.05 bits per heavy atom. The van der Waals surface area contributed by atoms with Crippen LogP contribution in [0.15, 0.2) is 30.6 Å². The summed E-state index contributed by atoms with van der Waals surface area (Å²) in [5.41, 5.74) is 2.22. The minimum Gasteiger partial charge on any atom is -0.340 e. The average molecular weight is 269 g/mol. The third kappa shape index (κ3) is 1.99. The molecule has 1 atom stereocenters. The van der Waals surface area contributed by atoms with Crippen LogP contribution in [-0.2, 0) is 4.79 Å². The van der Waals surface area contributed by atoms with Crippen molar-refractivity contribution >= 4 is 16.9 Å². The first-order valence-electron chi connectivity index (χ1n) is 7.53. The van der Waals surface area contributed by atoms with Gasteiger partial charge in [0.2, 0.25) is 5.91 Å². The van der Waals surface area contributed by atoms with Crippen LogP contribution in [0.25, 0.3) is 11.0 Å². The summed E-state index contributed by atoms with van der Waals surface area (Å²) in [5, 5.41) is 0. The summed E-state index contributed by atoms with van der Waals surface area (Å²) < 4.78 is 2.25. The Morgan fingerprint density at radius 3 is 2.90 bits per heavy atom. The van der Waals surface area contributed by atoms with E-state index in [0.29, 0.717) is 17.9 Å². The Labute approximate surface area is 118 Å². The molecule has 2 heterocycles. The maximum Gasteiger partial charge on any atom is 0.225 e. The molecule has 0 N–H and O–H groups in total.